The van der Waals surface area contributed by atoms with Gasteiger partial charge in [0.25, 0.3) is 0 Å². The number of nitrogens with one attached hydrogen (secondary N) is 1. The van der Waals surface area contributed by atoms with Crippen LogP contribution in [0.25, 0.3) is 0 Å². The van der Waals surface area contributed by atoms with Crippen LogP contribution in [-0.4, -0.2) is 29.7 Å². The maximum Gasteiger partial charge on any atom is 0.392 e. The molecule has 110 valence electrons. The summed E-state index contributed by atoms with van der Waals surface area (Å²) in [5.41, 5.74) is 0. The topological polar surface area (TPSA) is 66.4 Å². The van der Waals surface area contributed by atoms with Crippen LogP contribution in [0.5, 0.6) is 0 Å². The zero-order valence-electron chi connectivity index (χ0n) is 10.7. The van der Waals surface area contributed by atoms with Crippen molar-refractivity contribution in [3.05, 3.63) is 0 Å². The van der Waals surface area contributed by atoms with Crippen molar-refractivity contribution in [1.82, 2.24) is 5.32 Å². The lowest BCUT2D eigenvalue weighted by Crippen LogP contribution is -2.44. The Hall–Kier alpha value is -1.27. The smallest absolute Gasteiger partial charge is 0.392 e. The van der Waals surface area contributed by atoms with Gasteiger partial charge >= 0.3 is 12.1 Å². The monoisotopic (exact) mass is 281 g/mol. The van der Waals surface area contributed by atoms with Gasteiger partial charge in [0.1, 0.15) is 0 Å². The predicted molar refractivity (Wildman–Crippen MR) is 61.3 cm³/mol. The Labute approximate surface area is 109 Å². The Morgan fingerprint density at radius 1 is 1.32 bits per heavy atom. The minimum Gasteiger partial charge on any atom is -0.481 e. The average molecular weight is 281 g/mol. The Kier molecular flexibility index (Phi) is 5.20. The van der Waals surface area contributed by atoms with Gasteiger partial charge in [-0.3, -0.25) is 9.59 Å². The molecule has 0 bridgehead atoms. The van der Waals surface area contributed by atoms with E-state index in [1.165, 1.54) is 6.92 Å². The number of carbonyl (C=O) groups excluding carboxylic acids is 1. The minimum absolute atomic E-state index is 0.0317. The minimum atomic E-state index is -4.37. The van der Waals surface area contributed by atoms with Crippen molar-refractivity contribution in [2.75, 3.05) is 6.54 Å². The lowest BCUT2D eigenvalue weighted by Gasteiger charge is -2.32. The SMILES string of the molecule is C[C@H](CNC(=O)[C@@H]1CCCC[C@@H]1C(F)(F)F)C(=O)O. The summed E-state index contributed by atoms with van der Waals surface area (Å²) < 4.78 is 38.4. The highest BCUT2D eigenvalue weighted by atomic mass is 19.4. The van der Waals surface area contributed by atoms with Gasteiger partial charge in [-0.15, -0.1) is 0 Å². The zero-order chi connectivity index (χ0) is 14.6. The molecule has 0 aromatic heterocycles. The fraction of sp³-hybridized carbons (Fsp3) is 0.833. The van der Waals surface area contributed by atoms with Crippen molar-refractivity contribution in [2.24, 2.45) is 17.8 Å². The molecule has 0 aromatic rings. The summed E-state index contributed by atoms with van der Waals surface area (Å²) >= 11 is 0. The molecule has 0 heterocycles. The number of rotatable bonds is 4. The molecule has 4 nitrogen and oxygen atoms in total. The molecular formula is C12H18F3NO3. The van der Waals surface area contributed by atoms with Crippen LogP contribution in [0.4, 0.5) is 13.2 Å². The number of alkyl halides is 3. The number of carboxylic acids is 1. The van der Waals surface area contributed by atoms with Crippen LogP contribution in [0.3, 0.4) is 0 Å². The standard InChI is InChI=1S/C12H18F3NO3/c1-7(11(18)19)6-16-10(17)8-4-2-3-5-9(8)12(13,14)15/h7-9H,2-6H2,1H3,(H,16,17)(H,18,19)/t7-,8-,9+/m1/s1. The van der Waals surface area contributed by atoms with Crippen LogP contribution < -0.4 is 5.32 Å². The lowest BCUT2D eigenvalue weighted by atomic mass is 9.78. The van der Waals surface area contributed by atoms with Crippen molar-refractivity contribution in [1.29, 1.82) is 0 Å². The fourth-order valence-electron chi connectivity index (χ4n) is 2.31. The highest BCUT2D eigenvalue weighted by Gasteiger charge is 2.47. The Bertz CT molecular complexity index is 344. The third-order valence-electron chi connectivity index (χ3n) is 3.53. The first-order valence-corrected chi connectivity index (χ1v) is 6.30. The normalized spacial score (nSPS) is 25.7. The molecule has 0 radical (unpaired) electrons. The van der Waals surface area contributed by atoms with Gasteiger partial charge in [-0.1, -0.05) is 19.8 Å². The van der Waals surface area contributed by atoms with E-state index in [1.807, 2.05) is 0 Å². The first-order valence-electron chi connectivity index (χ1n) is 6.30. The number of carboxylic acid groups (broad SMARTS) is 1. The predicted octanol–water partition coefficient (Wildman–Crippen LogP) is 2.19. The fourth-order valence-corrected chi connectivity index (χ4v) is 2.31. The lowest BCUT2D eigenvalue weighted by molar-refractivity contribution is -0.198. The van der Waals surface area contributed by atoms with Gasteiger partial charge in [-0.05, 0) is 12.8 Å². The van der Waals surface area contributed by atoms with Crippen molar-refractivity contribution in [3.63, 3.8) is 0 Å². The van der Waals surface area contributed by atoms with Gasteiger partial charge in [0.15, 0.2) is 0 Å². The van der Waals surface area contributed by atoms with E-state index in [0.717, 1.165) is 0 Å². The molecule has 3 atom stereocenters. The summed E-state index contributed by atoms with van der Waals surface area (Å²) in [6, 6.07) is 0. The quantitative estimate of drug-likeness (QED) is 0.830. The van der Waals surface area contributed by atoms with Crippen molar-refractivity contribution in [3.8, 4) is 0 Å². The van der Waals surface area contributed by atoms with E-state index in [0.29, 0.717) is 12.8 Å². The van der Waals surface area contributed by atoms with Crippen molar-refractivity contribution < 1.29 is 27.9 Å². The molecule has 0 spiro atoms. The Balaban J connectivity index is 2.60. The number of aliphatic carboxylic acids is 1. The van der Waals surface area contributed by atoms with Gasteiger partial charge in [0.2, 0.25) is 5.91 Å². The molecule has 1 aliphatic carbocycles. The molecule has 19 heavy (non-hydrogen) atoms. The van der Waals surface area contributed by atoms with E-state index in [1.54, 1.807) is 0 Å². The van der Waals surface area contributed by atoms with E-state index < -0.39 is 35.8 Å². The molecule has 0 unspecified atom stereocenters. The summed E-state index contributed by atoms with van der Waals surface area (Å²) in [6.45, 7) is 1.25. The number of amides is 1. The van der Waals surface area contributed by atoms with Crippen molar-refractivity contribution in [2.45, 2.75) is 38.8 Å². The largest absolute Gasteiger partial charge is 0.481 e. The van der Waals surface area contributed by atoms with Crippen LogP contribution in [0.15, 0.2) is 0 Å². The number of hydrogen-bond donors (Lipinski definition) is 2. The molecule has 0 saturated heterocycles. The molecule has 2 N–H and O–H groups in total. The van der Waals surface area contributed by atoms with E-state index in [4.69, 9.17) is 5.11 Å². The third kappa shape index (κ3) is 4.40. The van der Waals surface area contributed by atoms with Crippen LogP contribution in [0.1, 0.15) is 32.6 Å². The van der Waals surface area contributed by atoms with Crippen LogP contribution in [-0.2, 0) is 9.59 Å². The van der Waals surface area contributed by atoms with Crippen LogP contribution in [0.2, 0.25) is 0 Å². The summed E-state index contributed by atoms with van der Waals surface area (Å²) in [5.74, 6) is -5.28. The summed E-state index contributed by atoms with van der Waals surface area (Å²) in [7, 11) is 0. The van der Waals surface area contributed by atoms with Gasteiger partial charge in [0, 0.05) is 12.5 Å². The van der Waals surface area contributed by atoms with Crippen LogP contribution >= 0.6 is 0 Å². The molecule has 7 heteroatoms. The Morgan fingerprint density at radius 2 is 1.89 bits per heavy atom. The molecule has 0 aromatic carbocycles. The van der Waals surface area contributed by atoms with E-state index in [9.17, 15) is 22.8 Å². The first kappa shape index (κ1) is 15.8. The molecule has 1 rings (SSSR count). The number of carbonyl (C=O) groups is 2. The van der Waals surface area contributed by atoms with E-state index in [-0.39, 0.29) is 19.4 Å². The highest BCUT2D eigenvalue weighted by Crippen LogP contribution is 2.41. The average Bonchev–Trinajstić information content (AvgIpc) is 2.34. The first-order chi connectivity index (χ1) is 8.73. The summed E-state index contributed by atoms with van der Waals surface area (Å²) in [5, 5.41) is 11.0. The number of halogens is 3. The molecule has 1 aliphatic rings. The maximum atomic E-state index is 12.8. The summed E-state index contributed by atoms with van der Waals surface area (Å²) in [6.07, 6.45) is -3.13. The maximum absolute atomic E-state index is 12.8. The van der Waals surface area contributed by atoms with Gasteiger partial charge < -0.3 is 10.4 Å². The molecule has 1 saturated carbocycles. The van der Waals surface area contributed by atoms with E-state index >= 15 is 0 Å². The highest BCUT2D eigenvalue weighted by molar-refractivity contribution is 5.80. The summed E-state index contributed by atoms with van der Waals surface area (Å²) in [4.78, 5) is 22.4. The van der Waals surface area contributed by atoms with Crippen molar-refractivity contribution >= 4 is 11.9 Å². The van der Waals surface area contributed by atoms with E-state index in [2.05, 4.69) is 5.32 Å². The second kappa shape index (κ2) is 6.25. The Morgan fingerprint density at radius 3 is 2.42 bits per heavy atom. The zero-order valence-corrected chi connectivity index (χ0v) is 10.7. The van der Waals surface area contributed by atoms with Gasteiger partial charge in [-0.2, -0.15) is 13.2 Å². The second-order valence-corrected chi connectivity index (χ2v) is 5.02. The second-order valence-electron chi connectivity index (χ2n) is 5.02. The van der Waals surface area contributed by atoms with Gasteiger partial charge in [-0.25, -0.2) is 0 Å². The third-order valence-corrected chi connectivity index (χ3v) is 3.53. The van der Waals surface area contributed by atoms with Crippen LogP contribution in [0, 0.1) is 17.8 Å². The molecule has 1 fully saturated rings. The van der Waals surface area contributed by atoms with Gasteiger partial charge in [0.05, 0.1) is 11.8 Å². The molecule has 0 aliphatic heterocycles. The molecule has 1 amide bonds. The molecular weight excluding hydrogens is 263 g/mol. The number of hydrogen-bond acceptors (Lipinski definition) is 2.